The number of esters is 1. The lowest BCUT2D eigenvalue weighted by atomic mass is 9.76. The zero-order chi connectivity index (χ0) is 17.1. The molecule has 0 bridgehead atoms. The number of rotatable bonds is 5. The summed E-state index contributed by atoms with van der Waals surface area (Å²) in [7, 11) is 0. The zero-order valence-corrected chi connectivity index (χ0v) is 14.9. The van der Waals surface area contributed by atoms with Crippen LogP contribution >= 0.6 is 0 Å². The average molecular weight is 332 g/mol. The summed E-state index contributed by atoms with van der Waals surface area (Å²) in [5, 5.41) is 0. The van der Waals surface area contributed by atoms with Gasteiger partial charge in [-0.05, 0) is 61.5 Å². The molecule has 0 spiro atoms. The predicted molar refractivity (Wildman–Crippen MR) is 93.7 cm³/mol. The van der Waals surface area contributed by atoms with Crippen LogP contribution < -0.4 is 4.74 Å². The van der Waals surface area contributed by atoms with Gasteiger partial charge < -0.3 is 4.74 Å². The van der Waals surface area contributed by atoms with Gasteiger partial charge in [0.15, 0.2) is 11.6 Å². The Morgan fingerprint density at radius 2 is 1.79 bits per heavy atom. The third-order valence-electron chi connectivity index (χ3n) is 5.83. The first-order valence-electron chi connectivity index (χ1n) is 9.66. The SMILES string of the molecule is CCCC1CCC(c2ccc3c(c2F)OC(=O)C(CCC)C3)CC1. The number of hydrogen-bond donors (Lipinski definition) is 0. The van der Waals surface area contributed by atoms with Crippen LogP contribution in [-0.2, 0) is 11.2 Å². The third-order valence-corrected chi connectivity index (χ3v) is 5.83. The van der Waals surface area contributed by atoms with Crippen LogP contribution in [0.25, 0.3) is 0 Å². The first-order chi connectivity index (χ1) is 11.6. The van der Waals surface area contributed by atoms with Gasteiger partial charge in [0.25, 0.3) is 0 Å². The molecule has 2 nitrogen and oxygen atoms in total. The molecule has 1 aromatic rings. The van der Waals surface area contributed by atoms with Gasteiger partial charge in [0.05, 0.1) is 5.92 Å². The molecule has 0 amide bonds. The fraction of sp³-hybridized carbons (Fsp3) is 0.667. The second kappa shape index (κ2) is 7.67. The summed E-state index contributed by atoms with van der Waals surface area (Å²) < 4.78 is 20.4. The fourth-order valence-electron chi connectivity index (χ4n) is 4.47. The summed E-state index contributed by atoms with van der Waals surface area (Å²) in [6.45, 7) is 4.29. The van der Waals surface area contributed by atoms with Crippen molar-refractivity contribution in [3.63, 3.8) is 0 Å². The smallest absolute Gasteiger partial charge is 0.314 e. The molecule has 0 saturated heterocycles. The van der Waals surface area contributed by atoms with E-state index in [-0.39, 0.29) is 29.4 Å². The van der Waals surface area contributed by atoms with E-state index in [2.05, 4.69) is 13.8 Å². The molecule has 1 atom stereocenters. The van der Waals surface area contributed by atoms with Crippen LogP contribution in [0.2, 0.25) is 0 Å². The molecule has 1 heterocycles. The number of ether oxygens (including phenoxy) is 1. The summed E-state index contributed by atoms with van der Waals surface area (Å²) in [4.78, 5) is 12.1. The van der Waals surface area contributed by atoms with E-state index in [0.29, 0.717) is 6.42 Å². The second-order valence-corrected chi connectivity index (χ2v) is 7.57. The zero-order valence-electron chi connectivity index (χ0n) is 14.9. The molecule has 0 radical (unpaired) electrons. The van der Waals surface area contributed by atoms with Crippen LogP contribution in [0.1, 0.15) is 82.3 Å². The second-order valence-electron chi connectivity index (χ2n) is 7.57. The van der Waals surface area contributed by atoms with Crippen LogP contribution in [0.4, 0.5) is 4.39 Å². The lowest BCUT2D eigenvalue weighted by Gasteiger charge is -2.30. The summed E-state index contributed by atoms with van der Waals surface area (Å²) in [6, 6.07) is 3.93. The van der Waals surface area contributed by atoms with Gasteiger partial charge >= 0.3 is 5.97 Å². The van der Waals surface area contributed by atoms with Crippen molar-refractivity contribution in [2.24, 2.45) is 11.8 Å². The molecular weight excluding hydrogens is 303 g/mol. The Balaban J connectivity index is 1.76. The van der Waals surface area contributed by atoms with Gasteiger partial charge in [0.2, 0.25) is 0 Å². The summed E-state index contributed by atoms with van der Waals surface area (Å²) >= 11 is 0. The van der Waals surface area contributed by atoms with Crippen molar-refractivity contribution in [1.29, 1.82) is 0 Å². The van der Waals surface area contributed by atoms with Crippen molar-refractivity contribution < 1.29 is 13.9 Å². The van der Waals surface area contributed by atoms with Gasteiger partial charge in [0.1, 0.15) is 0 Å². The standard InChI is InChI=1S/C21H29FO2/c1-3-5-14-7-9-15(10-8-14)18-12-11-16-13-17(6-4-2)21(23)24-20(16)19(18)22/h11-12,14-15,17H,3-10,13H2,1-2H3. The largest absolute Gasteiger partial charge is 0.423 e. The minimum atomic E-state index is -0.283. The molecule has 3 heteroatoms. The molecule has 3 rings (SSSR count). The fourth-order valence-corrected chi connectivity index (χ4v) is 4.47. The van der Waals surface area contributed by atoms with E-state index in [1.807, 2.05) is 12.1 Å². The van der Waals surface area contributed by atoms with Crippen LogP contribution in [0.15, 0.2) is 12.1 Å². The van der Waals surface area contributed by atoms with Crippen molar-refractivity contribution in [2.75, 3.05) is 0 Å². The van der Waals surface area contributed by atoms with Gasteiger partial charge in [-0.25, -0.2) is 4.39 Å². The van der Waals surface area contributed by atoms with E-state index in [9.17, 15) is 9.18 Å². The van der Waals surface area contributed by atoms with Crippen molar-refractivity contribution in [2.45, 2.75) is 77.6 Å². The van der Waals surface area contributed by atoms with Crippen molar-refractivity contribution >= 4 is 5.97 Å². The minimum Gasteiger partial charge on any atom is -0.423 e. The van der Waals surface area contributed by atoms with Crippen molar-refractivity contribution in [3.8, 4) is 5.75 Å². The molecule has 24 heavy (non-hydrogen) atoms. The monoisotopic (exact) mass is 332 g/mol. The lowest BCUT2D eigenvalue weighted by molar-refractivity contribution is -0.140. The highest BCUT2D eigenvalue weighted by molar-refractivity contribution is 5.78. The van der Waals surface area contributed by atoms with Crippen molar-refractivity contribution in [1.82, 2.24) is 0 Å². The Hall–Kier alpha value is -1.38. The number of carbonyl (C=O) groups excluding carboxylic acids is 1. The number of hydrogen-bond acceptors (Lipinski definition) is 2. The van der Waals surface area contributed by atoms with Gasteiger partial charge in [-0.3, -0.25) is 4.79 Å². The van der Waals surface area contributed by atoms with Crippen LogP contribution in [0.3, 0.4) is 0 Å². The highest BCUT2D eigenvalue weighted by Crippen LogP contribution is 2.42. The maximum Gasteiger partial charge on any atom is 0.314 e. The Labute approximate surface area is 144 Å². The van der Waals surface area contributed by atoms with Gasteiger partial charge in [0, 0.05) is 0 Å². The average Bonchev–Trinajstić information content (AvgIpc) is 2.58. The molecular formula is C21H29FO2. The van der Waals surface area contributed by atoms with Crippen LogP contribution in [0, 0.1) is 17.7 Å². The highest BCUT2D eigenvalue weighted by atomic mass is 19.1. The molecule has 1 unspecified atom stereocenters. The maximum atomic E-state index is 15.0. The normalized spacial score (nSPS) is 26.8. The topological polar surface area (TPSA) is 26.3 Å². The number of halogens is 1. The van der Waals surface area contributed by atoms with Crippen molar-refractivity contribution in [3.05, 3.63) is 29.1 Å². The van der Waals surface area contributed by atoms with E-state index in [1.165, 1.54) is 25.7 Å². The Kier molecular flexibility index (Phi) is 5.57. The van der Waals surface area contributed by atoms with E-state index < -0.39 is 0 Å². The molecule has 132 valence electrons. The third kappa shape index (κ3) is 3.50. The Morgan fingerprint density at radius 1 is 1.08 bits per heavy atom. The molecule has 2 aliphatic rings. The summed E-state index contributed by atoms with van der Waals surface area (Å²) in [6.07, 6.45) is 9.36. The number of carbonyl (C=O) groups is 1. The molecule has 1 aliphatic heterocycles. The molecule has 1 fully saturated rings. The van der Waals surface area contributed by atoms with Crippen LogP contribution in [0.5, 0.6) is 5.75 Å². The molecule has 0 N–H and O–H groups in total. The minimum absolute atomic E-state index is 0.114. The Morgan fingerprint density at radius 3 is 2.46 bits per heavy atom. The predicted octanol–water partition coefficient (Wildman–Crippen LogP) is 5.78. The van der Waals surface area contributed by atoms with E-state index in [4.69, 9.17) is 4.74 Å². The molecule has 1 aromatic carbocycles. The molecule has 1 aliphatic carbocycles. The van der Waals surface area contributed by atoms with Crippen LogP contribution in [-0.4, -0.2) is 5.97 Å². The van der Waals surface area contributed by atoms with E-state index in [1.54, 1.807) is 0 Å². The number of fused-ring (bicyclic) bond motifs is 1. The summed E-state index contributed by atoms with van der Waals surface area (Å²) in [5.74, 6) is 0.634. The Bertz CT molecular complexity index is 588. The quantitative estimate of drug-likeness (QED) is 0.505. The van der Waals surface area contributed by atoms with E-state index >= 15 is 0 Å². The molecule has 0 aromatic heterocycles. The lowest BCUT2D eigenvalue weighted by Crippen LogP contribution is -2.28. The maximum absolute atomic E-state index is 15.0. The van der Waals surface area contributed by atoms with Gasteiger partial charge in [-0.2, -0.15) is 0 Å². The molecule has 1 saturated carbocycles. The van der Waals surface area contributed by atoms with Gasteiger partial charge in [-0.1, -0.05) is 45.2 Å². The highest BCUT2D eigenvalue weighted by Gasteiger charge is 2.32. The number of benzene rings is 1. The van der Waals surface area contributed by atoms with Gasteiger partial charge in [-0.15, -0.1) is 0 Å². The first-order valence-corrected chi connectivity index (χ1v) is 9.66. The summed E-state index contributed by atoms with van der Waals surface area (Å²) in [5.41, 5.74) is 1.61. The first kappa shape index (κ1) is 17.4. The van der Waals surface area contributed by atoms with E-state index in [0.717, 1.165) is 42.7 Å².